The molecule has 2 aliphatic rings. The van der Waals surface area contributed by atoms with Gasteiger partial charge >= 0.3 is 0 Å². The summed E-state index contributed by atoms with van der Waals surface area (Å²) in [5.74, 6) is 1.53. The molecule has 1 atom stereocenters. The molecule has 0 radical (unpaired) electrons. The van der Waals surface area contributed by atoms with E-state index < -0.39 is 6.10 Å². The summed E-state index contributed by atoms with van der Waals surface area (Å²) in [6, 6.07) is 14.3. The molecule has 0 bridgehead atoms. The monoisotopic (exact) mass is 341 g/mol. The predicted molar refractivity (Wildman–Crippen MR) is 93.7 cm³/mol. The fourth-order valence-electron chi connectivity index (χ4n) is 3.40. The number of aliphatic hydroxyl groups is 1. The zero-order valence-electron chi connectivity index (χ0n) is 14.2. The van der Waals surface area contributed by atoms with E-state index >= 15 is 0 Å². The van der Waals surface area contributed by atoms with Crippen molar-refractivity contribution in [2.75, 3.05) is 26.5 Å². The molecule has 0 aromatic heterocycles. The lowest BCUT2D eigenvalue weighted by Crippen LogP contribution is -2.38. The van der Waals surface area contributed by atoms with E-state index in [1.165, 1.54) is 11.1 Å². The highest BCUT2D eigenvalue weighted by Crippen LogP contribution is 2.32. The van der Waals surface area contributed by atoms with Crippen molar-refractivity contribution in [1.29, 1.82) is 0 Å². The molecule has 2 aliphatic heterocycles. The van der Waals surface area contributed by atoms with Crippen LogP contribution in [0.4, 0.5) is 0 Å². The summed E-state index contributed by atoms with van der Waals surface area (Å²) in [5, 5.41) is 10.3. The predicted octanol–water partition coefficient (Wildman–Crippen LogP) is 2.35. The summed E-state index contributed by atoms with van der Waals surface area (Å²) in [7, 11) is 0. The molecule has 0 aliphatic carbocycles. The molecule has 1 unspecified atom stereocenters. The highest BCUT2D eigenvalue weighted by molar-refractivity contribution is 5.44. The van der Waals surface area contributed by atoms with Crippen molar-refractivity contribution in [3.63, 3.8) is 0 Å². The lowest BCUT2D eigenvalue weighted by atomic mass is 10.00. The third kappa shape index (κ3) is 3.95. The molecule has 0 fully saturated rings. The number of rotatable bonds is 6. The van der Waals surface area contributed by atoms with Gasteiger partial charge < -0.3 is 19.3 Å². The van der Waals surface area contributed by atoms with Gasteiger partial charge in [-0.2, -0.15) is 0 Å². The van der Waals surface area contributed by atoms with Crippen molar-refractivity contribution in [2.24, 2.45) is 0 Å². The molecule has 2 aromatic rings. The van der Waals surface area contributed by atoms with E-state index in [4.69, 9.17) is 14.2 Å². The van der Waals surface area contributed by atoms with Crippen LogP contribution in [-0.4, -0.2) is 42.6 Å². The Morgan fingerprint density at radius 3 is 2.84 bits per heavy atom. The summed E-state index contributed by atoms with van der Waals surface area (Å²) < 4.78 is 16.3. The number of fused-ring (bicyclic) bond motifs is 2. The smallest absolute Gasteiger partial charge is 0.231 e. The topological polar surface area (TPSA) is 51.2 Å². The molecule has 132 valence electrons. The van der Waals surface area contributed by atoms with Crippen molar-refractivity contribution in [1.82, 2.24) is 4.90 Å². The SMILES string of the molecule is OC(COCc1ccc2c(c1)OCO2)CN1CCc2ccccc2C1. The van der Waals surface area contributed by atoms with E-state index in [1.54, 1.807) is 0 Å². The van der Waals surface area contributed by atoms with Crippen LogP contribution in [0.5, 0.6) is 11.5 Å². The van der Waals surface area contributed by atoms with Crippen LogP contribution in [-0.2, 0) is 24.3 Å². The van der Waals surface area contributed by atoms with Crippen molar-refractivity contribution >= 4 is 0 Å². The highest BCUT2D eigenvalue weighted by atomic mass is 16.7. The van der Waals surface area contributed by atoms with E-state index in [0.29, 0.717) is 19.8 Å². The molecule has 5 nitrogen and oxygen atoms in total. The first-order chi connectivity index (χ1) is 12.3. The van der Waals surface area contributed by atoms with Gasteiger partial charge in [-0.05, 0) is 35.2 Å². The number of hydrogen-bond acceptors (Lipinski definition) is 5. The Bertz CT molecular complexity index is 733. The molecule has 0 saturated heterocycles. The van der Waals surface area contributed by atoms with Crippen LogP contribution >= 0.6 is 0 Å². The third-order valence-corrected chi connectivity index (χ3v) is 4.69. The van der Waals surface area contributed by atoms with Gasteiger partial charge in [-0.1, -0.05) is 30.3 Å². The molecule has 2 heterocycles. The number of nitrogens with zero attached hydrogens (tertiary/aromatic N) is 1. The number of aliphatic hydroxyl groups excluding tert-OH is 1. The minimum absolute atomic E-state index is 0.275. The van der Waals surface area contributed by atoms with E-state index in [2.05, 4.69) is 29.2 Å². The second-order valence-electron chi connectivity index (χ2n) is 6.61. The van der Waals surface area contributed by atoms with Crippen LogP contribution in [0.1, 0.15) is 16.7 Å². The van der Waals surface area contributed by atoms with Gasteiger partial charge in [-0.15, -0.1) is 0 Å². The van der Waals surface area contributed by atoms with Crippen molar-refractivity contribution in [3.8, 4) is 11.5 Å². The lowest BCUT2D eigenvalue weighted by molar-refractivity contribution is 0.00772. The maximum absolute atomic E-state index is 10.3. The Hall–Kier alpha value is -2.08. The van der Waals surface area contributed by atoms with Crippen molar-refractivity contribution in [3.05, 3.63) is 59.2 Å². The summed E-state index contributed by atoms with van der Waals surface area (Å²) >= 11 is 0. The van der Waals surface area contributed by atoms with Gasteiger partial charge in [0.25, 0.3) is 0 Å². The van der Waals surface area contributed by atoms with E-state index in [0.717, 1.165) is 36.6 Å². The molecular weight excluding hydrogens is 318 g/mol. The Morgan fingerprint density at radius 2 is 1.92 bits per heavy atom. The summed E-state index contributed by atoms with van der Waals surface area (Å²) in [6.45, 7) is 3.57. The zero-order valence-corrected chi connectivity index (χ0v) is 14.2. The van der Waals surface area contributed by atoms with Crippen LogP contribution in [0.3, 0.4) is 0 Å². The van der Waals surface area contributed by atoms with Gasteiger partial charge in [0.2, 0.25) is 6.79 Å². The molecule has 25 heavy (non-hydrogen) atoms. The van der Waals surface area contributed by atoms with Gasteiger partial charge in [0.05, 0.1) is 19.3 Å². The van der Waals surface area contributed by atoms with E-state index in [1.807, 2.05) is 18.2 Å². The average Bonchev–Trinajstić information content (AvgIpc) is 3.09. The maximum Gasteiger partial charge on any atom is 0.231 e. The van der Waals surface area contributed by atoms with Gasteiger partial charge in [0.15, 0.2) is 11.5 Å². The summed E-state index contributed by atoms with van der Waals surface area (Å²) in [5.41, 5.74) is 3.80. The fraction of sp³-hybridized carbons (Fsp3) is 0.400. The minimum atomic E-state index is -0.487. The number of ether oxygens (including phenoxy) is 3. The van der Waals surface area contributed by atoms with Gasteiger partial charge in [-0.3, -0.25) is 4.90 Å². The van der Waals surface area contributed by atoms with Crippen molar-refractivity contribution in [2.45, 2.75) is 25.7 Å². The normalized spacial score (nSPS) is 17.3. The standard InChI is InChI=1S/C20H23NO4/c22-18(11-21-8-7-16-3-1-2-4-17(16)10-21)13-23-12-15-5-6-19-20(9-15)25-14-24-19/h1-6,9,18,22H,7-8,10-14H2. The van der Waals surface area contributed by atoms with E-state index in [-0.39, 0.29) is 6.79 Å². The minimum Gasteiger partial charge on any atom is -0.454 e. The molecule has 5 heteroatoms. The van der Waals surface area contributed by atoms with E-state index in [9.17, 15) is 5.11 Å². The van der Waals surface area contributed by atoms with Crippen LogP contribution in [0.2, 0.25) is 0 Å². The van der Waals surface area contributed by atoms with Gasteiger partial charge in [0.1, 0.15) is 0 Å². The maximum atomic E-state index is 10.3. The van der Waals surface area contributed by atoms with Crippen LogP contribution in [0.25, 0.3) is 0 Å². The molecular formula is C20H23NO4. The Kier molecular flexibility index (Phi) is 4.88. The first-order valence-electron chi connectivity index (χ1n) is 8.71. The number of hydrogen-bond donors (Lipinski definition) is 1. The highest BCUT2D eigenvalue weighted by Gasteiger charge is 2.18. The first-order valence-corrected chi connectivity index (χ1v) is 8.71. The molecule has 0 spiro atoms. The Balaban J connectivity index is 1.23. The zero-order chi connectivity index (χ0) is 17.1. The largest absolute Gasteiger partial charge is 0.454 e. The summed E-state index contributed by atoms with van der Waals surface area (Å²) in [4.78, 5) is 2.29. The van der Waals surface area contributed by atoms with Gasteiger partial charge in [0, 0.05) is 19.6 Å². The summed E-state index contributed by atoms with van der Waals surface area (Å²) in [6.07, 6.45) is 0.556. The molecule has 2 aromatic carbocycles. The average molecular weight is 341 g/mol. The van der Waals surface area contributed by atoms with Crippen LogP contribution in [0, 0.1) is 0 Å². The van der Waals surface area contributed by atoms with Crippen LogP contribution < -0.4 is 9.47 Å². The third-order valence-electron chi connectivity index (χ3n) is 4.69. The molecule has 4 rings (SSSR count). The molecule has 0 amide bonds. The Morgan fingerprint density at radius 1 is 1.08 bits per heavy atom. The van der Waals surface area contributed by atoms with Gasteiger partial charge in [-0.25, -0.2) is 0 Å². The van der Waals surface area contributed by atoms with Crippen LogP contribution in [0.15, 0.2) is 42.5 Å². The molecule has 0 saturated carbocycles. The number of benzene rings is 2. The Labute approximate surface area is 147 Å². The number of β-amino-alcohol motifs (C(OH)–C–C–N with tert-alkyl or cyclic N) is 1. The fourth-order valence-corrected chi connectivity index (χ4v) is 3.40. The lowest BCUT2D eigenvalue weighted by Gasteiger charge is -2.30. The second kappa shape index (κ2) is 7.44. The quantitative estimate of drug-likeness (QED) is 0.874. The van der Waals surface area contributed by atoms with Crippen molar-refractivity contribution < 1.29 is 19.3 Å². The first kappa shape index (κ1) is 16.4. The molecule has 1 N–H and O–H groups in total. The second-order valence-corrected chi connectivity index (χ2v) is 6.61.